The van der Waals surface area contributed by atoms with Crippen molar-refractivity contribution in [2.75, 3.05) is 23.3 Å². The SMILES string of the molecule is Cc1ccc(NC(=O)[C@H]2CCCN(c3nc4c(s3)c(C)nn4-c3cccc(F)c3)C2)c(Cl)c1. The summed E-state index contributed by atoms with van der Waals surface area (Å²) < 4.78 is 16.4. The summed E-state index contributed by atoms with van der Waals surface area (Å²) in [6, 6.07) is 11.9. The van der Waals surface area contributed by atoms with E-state index in [2.05, 4.69) is 15.3 Å². The molecule has 170 valence electrons. The lowest BCUT2D eigenvalue weighted by Gasteiger charge is -2.31. The molecular weight excluding hydrogens is 461 g/mol. The quantitative estimate of drug-likeness (QED) is 0.401. The number of nitrogens with one attached hydrogen (secondary N) is 1. The first-order valence-electron chi connectivity index (χ1n) is 10.8. The molecule has 9 heteroatoms. The highest BCUT2D eigenvalue weighted by Crippen LogP contribution is 2.35. The van der Waals surface area contributed by atoms with E-state index < -0.39 is 0 Å². The second-order valence-corrected chi connectivity index (χ2v) is 9.77. The number of benzene rings is 2. The maximum atomic E-state index is 13.8. The van der Waals surface area contributed by atoms with Crippen molar-refractivity contribution < 1.29 is 9.18 Å². The topological polar surface area (TPSA) is 63.1 Å². The fourth-order valence-electron chi connectivity index (χ4n) is 4.17. The van der Waals surface area contributed by atoms with Crippen molar-refractivity contribution >= 4 is 50.0 Å². The number of thiazole rings is 1. The number of halogens is 2. The van der Waals surface area contributed by atoms with Gasteiger partial charge in [-0.2, -0.15) is 10.1 Å². The number of anilines is 2. The Morgan fingerprint density at radius 2 is 2.09 bits per heavy atom. The molecular formula is C24H23ClFN5OS. The number of nitrogens with zero attached hydrogens (tertiary/aromatic N) is 4. The van der Waals surface area contributed by atoms with Crippen LogP contribution in [0.2, 0.25) is 5.02 Å². The van der Waals surface area contributed by atoms with Crippen LogP contribution in [0.3, 0.4) is 0 Å². The highest BCUT2D eigenvalue weighted by atomic mass is 35.5. The lowest BCUT2D eigenvalue weighted by molar-refractivity contribution is -0.120. The molecule has 33 heavy (non-hydrogen) atoms. The van der Waals surface area contributed by atoms with E-state index in [0.29, 0.717) is 28.6 Å². The van der Waals surface area contributed by atoms with Crippen LogP contribution >= 0.6 is 22.9 Å². The van der Waals surface area contributed by atoms with Gasteiger partial charge in [0.2, 0.25) is 5.91 Å². The number of fused-ring (bicyclic) bond motifs is 1. The first-order valence-corrected chi connectivity index (χ1v) is 12.0. The fourth-order valence-corrected chi connectivity index (χ4v) is 5.47. The van der Waals surface area contributed by atoms with Crippen molar-refractivity contribution in [1.82, 2.24) is 14.8 Å². The zero-order valence-corrected chi connectivity index (χ0v) is 19.9. The first kappa shape index (κ1) is 21.9. The number of hydrogen-bond acceptors (Lipinski definition) is 5. The monoisotopic (exact) mass is 483 g/mol. The normalized spacial score (nSPS) is 16.4. The molecule has 0 bridgehead atoms. The smallest absolute Gasteiger partial charge is 0.229 e. The summed E-state index contributed by atoms with van der Waals surface area (Å²) in [5, 5.41) is 8.93. The molecule has 2 aromatic heterocycles. The third kappa shape index (κ3) is 4.32. The van der Waals surface area contributed by atoms with E-state index in [0.717, 1.165) is 40.5 Å². The molecule has 1 aliphatic rings. The van der Waals surface area contributed by atoms with Crippen LogP contribution in [-0.2, 0) is 4.79 Å². The molecule has 1 amide bonds. The Balaban J connectivity index is 1.37. The molecule has 1 aliphatic heterocycles. The summed E-state index contributed by atoms with van der Waals surface area (Å²) in [5.74, 6) is -0.513. The van der Waals surface area contributed by atoms with Gasteiger partial charge < -0.3 is 10.2 Å². The minimum absolute atomic E-state index is 0.0336. The minimum Gasteiger partial charge on any atom is -0.347 e. The van der Waals surface area contributed by atoms with Crippen molar-refractivity contribution in [3.63, 3.8) is 0 Å². The average molecular weight is 484 g/mol. The number of carbonyl (C=O) groups excluding carboxylic acids is 1. The Hall–Kier alpha value is -2.97. The van der Waals surface area contributed by atoms with Crippen LogP contribution in [0.25, 0.3) is 16.0 Å². The van der Waals surface area contributed by atoms with Crippen LogP contribution in [0.1, 0.15) is 24.1 Å². The molecule has 3 heterocycles. The summed E-state index contributed by atoms with van der Waals surface area (Å²) in [6.45, 7) is 5.30. The lowest BCUT2D eigenvalue weighted by Crippen LogP contribution is -2.40. The first-order chi connectivity index (χ1) is 15.9. The summed E-state index contributed by atoms with van der Waals surface area (Å²) in [4.78, 5) is 20.0. The van der Waals surface area contributed by atoms with E-state index in [1.165, 1.54) is 12.1 Å². The van der Waals surface area contributed by atoms with Gasteiger partial charge in [0.15, 0.2) is 10.8 Å². The Morgan fingerprint density at radius 3 is 2.88 bits per heavy atom. The highest BCUT2D eigenvalue weighted by molar-refractivity contribution is 7.22. The van der Waals surface area contributed by atoms with Crippen LogP contribution in [0.5, 0.6) is 0 Å². The van der Waals surface area contributed by atoms with Gasteiger partial charge in [0, 0.05) is 13.1 Å². The average Bonchev–Trinajstić information content (AvgIpc) is 3.36. The van der Waals surface area contributed by atoms with Crippen LogP contribution in [-0.4, -0.2) is 33.8 Å². The van der Waals surface area contributed by atoms with Crippen molar-refractivity contribution in [1.29, 1.82) is 0 Å². The van der Waals surface area contributed by atoms with Gasteiger partial charge in [0.1, 0.15) is 5.82 Å². The largest absolute Gasteiger partial charge is 0.347 e. The number of aryl methyl sites for hydroxylation is 2. The summed E-state index contributed by atoms with van der Waals surface area (Å²) >= 11 is 7.85. The maximum Gasteiger partial charge on any atom is 0.229 e. The van der Waals surface area contributed by atoms with Gasteiger partial charge in [-0.3, -0.25) is 4.79 Å². The number of hydrogen-bond donors (Lipinski definition) is 1. The summed E-state index contributed by atoms with van der Waals surface area (Å²) in [5.41, 5.74) is 3.87. The van der Waals surface area contributed by atoms with Gasteiger partial charge in [0.05, 0.1) is 32.7 Å². The molecule has 0 aliphatic carbocycles. The number of carbonyl (C=O) groups is 1. The number of aromatic nitrogens is 3. The molecule has 0 spiro atoms. The fraction of sp³-hybridized carbons (Fsp3) is 0.292. The Labute approximate surface area is 200 Å². The van der Waals surface area contributed by atoms with Crippen LogP contribution in [0.15, 0.2) is 42.5 Å². The zero-order valence-electron chi connectivity index (χ0n) is 18.3. The van der Waals surface area contributed by atoms with Crippen LogP contribution < -0.4 is 10.2 Å². The second-order valence-electron chi connectivity index (χ2n) is 8.38. The van der Waals surface area contributed by atoms with Gasteiger partial charge in [-0.15, -0.1) is 0 Å². The predicted molar refractivity (Wildman–Crippen MR) is 131 cm³/mol. The van der Waals surface area contributed by atoms with E-state index >= 15 is 0 Å². The van der Waals surface area contributed by atoms with E-state index in [1.54, 1.807) is 22.1 Å². The van der Waals surface area contributed by atoms with E-state index in [-0.39, 0.29) is 17.6 Å². The molecule has 1 saturated heterocycles. The van der Waals surface area contributed by atoms with E-state index in [9.17, 15) is 9.18 Å². The Bertz CT molecular complexity index is 1350. The van der Waals surface area contributed by atoms with E-state index in [1.807, 2.05) is 38.1 Å². The molecule has 1 atom stereocenters. The third-order valence-corrected chi connectivity index (χ3v) is 7.40. The third-order valence-electron chi connectivity index (χ3n) is 5.88. The maximum absolute atomic E-state index is 13.8. The van der Waals surface area contributed by atoms with Crippen molar-refractivity contribution in [2.45, 2.75) is 26.7 Å². The number of amides is 1. The Kier molecular flexibility index (Phi) is 5.80. The molecule has 1 N–H and O–H groups in total. The second kappa shape index (κ2) is 8.76. The Morgan fingerprint density at radius 1 is 1.24 bits per heavy atom. The van der Waals surface area contributed by atoms with Crippen LogP contribution in [0, 0.1) is 25.6 Å². The molecule has 0 unspecified atom stereocenters. The lowest BCUT2D eigenvalue weighted by atomic mass is 9.97. The summed E-state index contributed by atoms with van der Waals surface area (Å²) in [6.07, 6.45) is 1.71. The summed E-state index contributed by atoms with van der Waals surface area (Å²) in [7, 11) is 0. The predicted octanol–water partition coefficient (Wildman–Crippen LogP) is 5.75. The van der Waals surface area contributed by atoms with Gasteiger partial charge in [-0.1, -0.05) is 35.1 Å². The van der Waals surface area contributed by atoms with E-state index in [4.69, 9.17) is 16.6 Å². The molecule has 2 aromatic carbocycles. The standard InChI is InChI=1S/C24H23ClFN5OS/c1-14-8-9-20(19(25)11-14)27-23(32)16-5-4-10-30(13-16)24-28-22-21(33-24)15(2)29-31(22)18-7-3-6-17(26)12-18/h3,6-9,11-12,16H,4-5,10,13H2,1-2H3,(H,27,32)/t16-/m0/s1. The minimum atomic E-state index is -0.317. The number of piperidine rings is 1. The van der Waals surface area contributed by atoms with Crippen molar-refractivity contribution in [2.24, 2.45) is 5.92 Å². The van der Waals surface area contributed by atoms with Crippen molar-refractivity contribution in [3.05, 3.63) is 64.6 Å². The van der Waals surface area contributed by atoms with Crippen LogP contribution in [0.4, 0.5) is 15.2 Å². The molecule has 4 aromatic rings. The number of rotatable bonds is 4. The zero-order chi connectivity index (χ0) is 23.1. The molecule has 0 radical (unpaired) electrons. The van der Waals surface area contributed by atoms with Gasteiger partial charge >= 0.3 is 0 Å². The molecule has 6 nitrogen and oxygen atoms in total. The van der Waals surface area contributed by atoms with Gasteiger partial charge in [0.25, 0.3) is 0 Å². The van der Waals surface area contributed by atoms with Gasteiger partial charge in [-0.05, 0) is 62.6 Å². The molecule has 1 fully saturated rings. The molecule has 5 rings (SSSR count). The highest BCUT2D eigenvalue weighted by Gasteiger charge is 2.29. The molecule has 0 saturated carbocycles. The van der Waals surface area contributed by atoms with Crippen molar-refractivity contribution in [3.8, 4) is 5.69 Å². The van der Waals surface area contributed by atoms with Gasteiger partial charge in [-0.25, -0.2) is 9.07 Å².